The molecular formula is C14H12BrF3N2. The Hall–Kier alpha value is -1.56. The first-order valence-electron chi connectivity index (χ1n) is 5.88. The van der Waals surface area contributed by atoms with Gasteiger partial charge in [-0.3, -0.25) is 4.98 Å². The highest BCUT2D eigenvalue weighted by atomic mass is 79.9. The predicted molar refractivity (Wildman–Crippen MR) is 75.4 cm³/mol. The standard InChI is InChI=1S/C14H12BrF3N2/c1-9-2-3-10(7-19-9)8-20-11-4-5-13(15)12(6-11)14(16,17)18/h2-7,20H,8H2,1H3. The van der Waals surface area contributed by atoms with Crippen LogP contribution in [0.2, 0.25) is 0 Å². The van der Waals surface area contributed by atoms with E-state index in [2.05, 4.69) is 26.2 Å². The van der Waals surface area contributed by atoms with Crippen LogP contribution in [0.1, 0.15) is 16.8 Å². The molecular weight excluding hydrogens is 333 g/mol. The maximum atomic E-state index is 12.8. The summed E-state index contributed by atoms with van der Waals surface area (Å²) in [5.74, 6) is 0. The predicted octanol–water partition coefficient (Wildman–Crippen LogP) is 4.78. The van der Waals surface area contributed by atoms with Crippen molar-refractivity contribution in [2.24, 2.45) is 0 Å². The van der Waals surface area contributed by atoms with E-state index in [0.29, 0.717) is 12.2 Å². The summed E-state index contributed by atoms with van der Waals surface area (Å²) in [6.07, 6.45) is -2.67. The van der Waals surface area contributed by atoms with E-state index >= 15 is 0 Å². The monoisotopic (exact) mass is 344 g/mol. The normalized spacial score (nSPS) is 11.4. The number of aromatic nitrogens is 1. The lowest BCUT2D eigenvalue weighted by molar-refractivity contribution is -0.138. The van der Waals surface area contributed by atoms with E-state index in [1.807, 2.05) is 19.1 Å². The lowest BCUT2D eigenvalue weighted by Gasteiger charge is -2.12. The first kappa shape index (κ1) is 14.8. The van der Waals surface area contributed by atoms with Gasteiger partial charge in [0.05, 0.1) is 5.56 Å². The van der Waals surface area contributed by atoms with Gasteiger partial charge < -0.3 is 5.32 Å². The van der Waals surface area contributed by atoms with Crippen LogP contribution in [0, 0.1) is 6.92 Å². The third kappa shape index (κ3) is 3.72. The van der Waals surface area contributed by atoms with E-state index in [0.717, 1.165) is 17.3 Å². The molecule has 2 aromatic rings. The van der Waals surface area contributed by atoms with E-state index in [1.165, 1.54) is 6.07 Å². The minimum atomic E-state index is -4.37. The number of alkyl halides is 3. The average Bonchev–Trinajstić information content (AvgIpc) is 2.38. The van der Waals surface area contributed by atoms with Gasteiger partial charge >= 0.3 is 6.18 Å². The van der Waals surface area contributed by atoms with Gasteiger partial charge in [-0.25, -0.2) is 0 Å². The fourth-order valence-corrected chi connectivity index (χ4v) is 2.13. The van der Waals surface area contributed by atoms with Gasteiger partial charge in [-0.05, 0) is 36.8 Å². The second-order valence-corrected chi connectivity index (χ2v) is 5.21. The smallest absolute Gasteiger partial charge is 0.381 e. The van der Waals surface area contributed by atoms with Crippen molar-refractivity contribution in [2.75, 3.05) is 5.32 Å². The molecule has 2 nitrogen and oxygen atoms in total. The second kappa shape index (κ2) is 5.83. The molecule has 20 heavy (non-hydrogen) atoms. The van der Waals surface area contributed by atoms with Gasteiger partial charge in [0.1, 0.15) is 0 Å². The topological polar surface area (TPSA) is 24.9 Å². The molecule has 0 aliphatic rings. The molecule has 0 atom stereocenters. The summed E-state index contributed by atoms with van der Waals surface area (Å²) in [4.78, 5) is 4.13. The zero-order valence-corrected chi connectivity index (χ0v) is 12.2. The number of benzene rings is 1. The molecule has 2 rings (SSSR count). The summed E-state index contributed by atoms with van der Waals surface area (Å²) in [6.45, 7) is 2.30. The minimum absolute atomic E-state index is 0.0348. The number of hydrogen-bond donors (Lipinski definition) is 1. The average molecular weight is 345 g/mol. The molecule has 0 saturated heterocycles. The van der Waals surface area contributed by atoms with Crippen LogP contribution < -0.4 is 5.32 Å². The minimum Gasteiger partial charge on any atom is -0.381 e. The van der Waals surface area contributed by atoms with Crippen molar-refractivity contribution < 1.29 is 13.2 Å². The van der Waals surface area contributed by atoms with Crippen molar-refractivity contribution in [3.8, 4) is 0 Å². The summed E-state index contributed by atoms with van der Waals surface area (Å²) in [6, 6.07) is 7.82. The molecule has 0 aliphatic heterocycles. The summed E-state index contributed by atoms with van der Waals surface area (Å²) in [5.41, 5.74) is 1.54. The fourth-order valence-electron chi connectivity index (χ4n) is 1.66. The van der Waals surface area contributed by atoms with Crippen molar-refractivity contribution in [1.82, 2.24) is 4.98 Å². The third-order valence-electron chi connectivity index (χ3n) is 2.74. The van der Waals surface area contributed by atoms with Crippen molar-refractivity contribution in [3.05, 3.63) is 57.8 Å². The van der Waals surface area contributed by atoms with E-state index in [4.69, 9.17) is 0 Å². The van der Waals surface area contributed by atoms with Crippen LogP contribution in [-0.2, 0) is 12.7 Å². The zero-order valence-electron chi connectivity index (χ0n) is 10.6. The van der Waals surface area contributed by atoms with Crippen molar-refractivity contribution in [1.29, 1.82) is 0 Å². The van der Waals surface area contributed by atoms with Gasteiger partial charge in [-0.1, -0.05) is 22.0 Å². The number of halogens is 4. The maximum absolute atomic E-state index is 12.8. The molecule has 0 spiro atoms. The first-order valence-corrected chi connectivity index (χ1v) is 6.68. The Balaban J connectivity index is 2.12. The van der Waals surface area contributed by atoms with Crippen LogP contribution in [0.25, 0.3) is 0 Å². The van der Waals surface area contributed by atoms with Crippen LogP contribution in [-0.4, -0.2) is 4.98 Å². The molecule has 0 radical (unpaired) electrons. The Bertz CT molecular complexity index is 594. The molecule has 1 heterocycles. The summed E-state index contributed by atoms with van der Waals surface area (Å²) < 4.78 is 38.3. The van der Waals surface area contributed by atoms with Crippen LogP contribution in [0.3, 0.4) is 0 Å². The zero-order chi connectivity index (χ0) is 14.8. The van der Waals surface area contributed by atoms with Gasteiger partial charge in [0.25, 0.3) is 0 Å². The van der Waals surface area contributed by atoms with E-state index < -0.39 is 11.7 Å². The lowest BCUT2D eigenvalue weighted by atomic mass is 10.2. The van der Waals surface area contributed by atoms with E-state index in [9.17, 15) is 13.2 Å². The summed E-state index contributed by atoms with van der Waals surface area (Å²) >= 11 is 2.91. The highest BCUT2D eigenvalue weighted by Crippen LogP contribution is 2.36. The van der Waals surface area contributed by atoms with E-state index in [-0.39, 0.29) is 4.47 Å². The number of aryl methyl sites for hydroxylation is 1. The van der Waals surface area contributed by atoms with Crippen LogP contribution in [0.5, 0.6) is 0 Å². The molecule has 0 unspecified atom stereocenters. The lowest BCUT2D eigenvalue weighted by Crippen LogP contribution is -2.07. The number of pyridine rings is 1. The van der Waals surface area contributed by atoms with Gasteiger partial charge in [0, 0.05) is 28.6 Å². The quantitative estimate of drug-likeness (QED) is 0.866. The number of hydrogen-bond acceptors (Lipinski definition) is 2. The summed E-state index contributed by atoms with van der Waals surface area (Å²) in [7, 11) is 0. The Morgan fingerprint density at radius 2 is 1.95 bits per heavy atom. The molecule has 1 aromatic heterocycles. The van der Waals surface area contributed by atoms with Gasteiger partial charge in [0.2, 0.25) is 0 Å². The third-order valence-corrected chi connectivity index (χ3v) is 3.43. The molecule has 0 saturated carbocycles. The SMILES string of the molecule is Cc1ccc(CNc2ccc(Br)c(C(F)(F)F)c2)cn1. The van der Waals surface area contributed by atoms with E-state index in [1.54, 1.807) is 12.3 Å². The van der Waals surface area contributed by atoms with Gasteiger partial charge in [-0.15, -0.1) is 0 Å². The van der Waals surface area contributed by atoms with Crippen LogP contribution in [0.4, 0.5) is 18.9 Å². The number of rotatable bonds is 3. The number of anilines is 1. The molecule has 0 aliphatic carbocycles. The van der Waals surface area contributed by atoms with Gasteiger partial charge in [-0.2, -0.15) is 13.2 Å². The highest BCUT2D eigenvalue weighted by molar-refractivity contribution is 9.10. The molecule has 1 N–H and O–H groups in total. The summed E-state index contributed by atoms with van der Waals surface area (Å²) in [5, 5.41) is 2.96. The first-order chi connectivity index (χ1) is 9.36. The second-order valence-electron chi connectivity index (χ2n) is 4.35. The molecule has 106 valence electrons. The molecule has 0 bridgehead atoms. The van der Waals surface area contributed by atoms with Crippen molar-refractivity contribution in [2.45, 2.75) is 19.6 Å². The Labute approximate surface area is 123 Å². The highest BCUT2D eigenvalue weighted by Gasteiger charge is 2.33. The largest absolute Gasteiger partial charge is 0.417 e. The molecule has 1 aromatic carbocycles. The molecule has 0 amide bonds. The van der Waals surface area contributed by atoms with Crippen LogP contribution >= 0.6 is 15.9 Å². The number of nitrogens with one attached hydrogen (secondary N) is 1. The molecule has 6 heteroatoms. The molecule has 0 fully saturated rings. The maximum Gasteiger partial charge on any atom is 0.417 e. The number of nitrogens with zero attached hydrogens (tertiary/aromatic N) is 1. The van der Waals surface area contributed by atoms with Crippen LogP contribution in [0.15, 0.2) is 41.0 Å². The van der Waals surface area contributed by atoms with Gasteiger partial charge in [0.15, 0.2) is 0 Å². The fraction of sp³-hybridized carbons (Fsp3) is 0.214. The Morgan fingerprint density at radius 1 is 1.20 bits per heavy atom. The van der Waals surface area contributed by atoms with Crippen molar-refractivity contribution in [3.63, 3.8) is 0 Å². The van der Waals surface area contributed by atoms with Crippen molar-refractivity contribution >= 4 is 21.6 Å². The Kier molecular flexibility index (Phi) is 4.32. The Morgan fingerprint density at radius 3 is 2.55 bits per heavy atom.